The fraction of sp³-hybridized carbons (Fsp3) is 0.321. The number of ketones is 1. The molecule has 36 heavy (non-hydrogen) atoms. The van der Waals surface area contributed by atoms with Crippen LogP contribution in [0.4, 0.5) is 5.13 Å². The Hall–Kier alpha value is -3.65. The van der Waals surface area contributed by atoms with Crippen LogP contribution in [0.3, 0.4) is 0 Å². The highest BCUT2D eigenvalue weighted by atomic mass is 32.1. The summed E-state index contributed by atoms with van der Waals surface area (Å²) in [7, 11) is 0. The molecule has 0 spiro atoms. The van der Waals surface area contributed by atoms with Gasteiger partial charge in [-0.3, -0.25) is 14.5 Å². The zero-order valence-corrected chi connectivity index (χ0v) is 21.2. The third-order valence-corrected chi connectivity index (χ3v) is 7.15. The molecule has 2 aliphatic rings. The summed E-state index contributed by atoms with van der Waals surface area (Å²) in [4.78, 5) is 32.2. The molecule has 3 heterocycles. The van der Waals surface area contributed by atoms with Gasteiger partial charge in [-0.1, -0.05) is 26.0 Å². The lowest BCUT2D eigenvalue weighted by Gasteiger charge is -2.23. The number of hydrogen-bond acceptors (Lipinski definition) is 7. The number of ether oxygens (including phenoxy) is 2. The molecule has 2 atom stereocenters. The molecule has 1 amide bonds. The first-order valence-corrected chi connectivity index (χ1v) is 12.9. The molecule has 7 nitrogen and oxygen atoms in total. The molecule has 0 unspecified atom stereocenters. The van der Waals surface area contributed by atoms with E-state index in [1.54, 1.807) is 23.7 Å². The number of amides is 1. The van der Waals surface area contributed by atoms with E-state index in [0.717, 1.165) is 17.7 Å². The summed E-state index contributed by atoms with van der Waals surface area (Å²) < 4.78 is 11.7. The van der Waals surface area contributed by atoms with Crippen molar-refractivity contribution in [2.75, 3.05) is 11.5 Å². The SMILES string of the molecule is CC(C)CCOc1cccc([C@@H]2C(=C(O)c3ccc4c(c3)C[C@H](C)O4)C(=O)C(=O)N2c2nccs2)c1. The molecule has 0 bridgehead atoms. The molecule has 186 valence electrons. The van der Waals surface area contributed by atoms with Crippen molar-refractivity contribution < 1.29 is 24.2 Å². The number of nitrogens with zero attached hydrogens (tertiary/aromatic N) is 2. The number of carbonyl (C=O) groups excluding carboxylic acids is 2. The van der Waals surface area contributed by atoms with Crippen molar-refractivity contribution >= 4 is 33.9 Å². The van der Waals surface area contributed by atoms with Crippen LogP contribution in [0.5, 0.6) is 11.5 Å². The molecule has 0 aliphatic carbocycles. The summed E-state index contributed by atoms with van der Waals surface area (Å²) in [6.45, 7) is 6.80. The third-order valence-electron chi connectivity index (χ3n) is 6.38. The van der Waals surface area contributed by atoms with Gasteiger partial charge in [0.25, 0.3) is 5.78 Å². The van der Waals surface area contributed by atoms with Crippen LogP contribution in [0.15, 0.2) is 59.6 Å². The molecular weight excluding hydrogens is 476 g/mol. The Balaban J connectivity index is 1.59. The Kier molecular flexibility index (Phi) is 6.53. The Bertz CT molecular complexity index is 1330. The monoisotopic (exact) mass is 504 g/mol. The van der Waals surface area contributed by atoms with Crippen molar-refractivity contribution in [2.24, 2.45) is 5.92 Å². The number of fused-ring (bicyclic) bond motifs is 1. The summed E-state index contributed by atoms with van der Waals surface area (Å²) in [5.41, 5.74) is 2.11. The average Bonchev–Trinajstić information content (AvgIpc) is 3.56. The fourth-order valence-electron chi connectivity index (χ4n) is 4.59. The Morgan fingerprint density at radius 2 is 2.08 bits per heavy atom. The van der Waals surface area contributed by atoms with Gasteiger partial charge in [-0.05, 0) is 60.7 Å². The van der Waals surface area contributed by atoms with E-state index < -0.39 is 17.7 Å². The van der Waals surface area contributed by atoms with Gasteiger partial charge in [-0.15, -0.1) is 11.3 Å². The second-order valence-electron chi connectivity index (χ2n) is 9.54. The summed E-state index contributed by atoms with van der Waals surface area (Å²) in [6, 6.07) is 11.8. The van der Waals surface area contributed by atoms with Crippen molar-refractivity contribution in [2.45, 2.75) is 45.8 Å². The molecule has 1 N–H and O–H groups in total. The van der Waals surface area contributed by atoms with Gasteiger partial charge in [-0.25, -0.2) is 4.98 Å². The number of Topliss-reactive ketones (excluding diaryl/α,β-unsaturated/α-hetero) is 1. The van der Waals surface area contributed by atoms with E-state index >= 15 is 0 Å². The van der Waals surface area contributed by atoms with E-state index in [9.17, 15) is 14.7 Å². The van der Waals surface area contributed by atoms with Crippen molar-refractivity contribution in [3.8, 4) is 11.5 Å². The predicted octanol–water partition coefficient (Wildman–Crippen LogP) is 5.52. The normalized spacial score (nSPS) is 20.6. The Labute approximate surface area is 214 Å². The number of aliphatic hydroxyl groups excluding tert-OH is 1. The Morgan fingerprint density at radius 1 is 1.25 bits per heavy atom. The van der Waals surface area contributed by atoms with Crippen molar-refractivity contribution in [3.63, 3.8) is 0 Å². The number of rotatable bonds is 7. The zero-order valence-electron chi connectivity index (χ0n) is 20.4. The first kappa shape index (κ1) is 24.1. The second-order valence-corrected chi connectivity index (χ2v) is 10.4. The molecule has 5 rings (SSSR count). The molecule has 1 saturated heterocycles. The number of aromatic nitrogens is 1. The smallest absolute Gasteiger partial charge is 0.301 e. The lowest BCUT2D eigenvalue weighted by atomic mass is 9.94. The van der Waals surface area contributed by atoms with E-state index in [2.05, 4.69) is 18.8 Å². The van der Waals surface area contributed by atoms with Gasteiger partial charge in [-0.2, -0.15) is 0 Å². The molecule has 2 aliphatic heterocycles. The standard InChI is InChI=1S/C28H28N2O5S/c1-16(2)9-11-34-21-6-4-5-18(15-21)24-23(26(32)27(33)30(24)28-29-10-12-36-28)25(31)19-7-8-22-20(14-19)13-17(3)35-22/h4-8,10,12,14-17,24,31H,9,11,13H2,1-3H3/t17-,24+/m0/s1. The van der Waals surface area contributed by atoms with Gasteiger partial charge in [0.05, 0.1) is 18.2 Å². The molecule has 3 aromatic rings. The van der Waals surface area contributed by atoms with Gasteiger partial charge in [0.2, 0.25) is 0 Å². The van der Waals surface area contributed by atoms with Crippen LogP contribution < -0.4 is 14.4 Å². The van der Waals surface area contributed by atoms with Gasteiger partial charge >= 0.3 is 5.91 Å². The van der Waals surface area contributed by atoms with E-state index in [1.807, 2.05) is 37.3 Å². The minimum atomic E-state index is -0.840. The maximum Gasteiger partial charge on any atom is 0.301 e. The van der Waals surface area contributed by atoms with E-state index in [-0.39, 0.29) is 17.4 Å². The predicted molar refractivity (Wildman–Crippen MR) is 139 cm³/mol. The minimum absolute atomic E-state index is 0.0291. The number of aliphatic hydroxyl groups is 1. The van der Waals surface area contributed by atoms with Crippen LogP contribution in [0.25, 0.3) is 5.76 Å². The topological polar surface area (TPSA) is 89.0 Å². The van der Waals surface area contributed by atoms with Crippen molar-refractivity contribution in [1.82, 2.24) is 4.98 Å². The quantitative estimate of drug-likeness (QED) is 0.259. The van der Waals surface area contributed by atoms with Gasteiger partial charge < -0.3 is 14.6 Å². The fourth-order valence-corrected chi connectivity index (χ4v) is 5.26. The zero-order chi connectivity index (χ0) is 25.4. The highest BCUT2D eigenvalue weighted by molar-refractivity contribution is 7.14. The molecule has 1 aromatic heterocycles. The molecule has 2 aromatic carbocycles. The van der Waals surface area contributed by atoms with Crippen LogP contribution in [-0.4, -0.2) is 34.5 Å². The van der Waals surface area contributed by atoms with E-state index in [4.69, 9.17) is 9.47 Å². The summed E-state index contributed by atoms with van der Waals surface area (Å²) in [6.07, 6.45) is 3.25. The van der Waals surface area contributed by atoms with E-state index in [0.29, 0.717) is 41.0 Å². The van der Waals surface area contributed by atoms with E-state index in [1.165, 1.54) is 16.2 Å². The van der Waals surface area contributed by atoms with Gasteiger partial charge in [0.15, 0.2) is 5.13 Å². The number of anilines is 1. The summed E-state index contributed by atoms with van der Waals surface area (Å²) >= 11 is 1.26. The lowest BCUT2D eigenvalue weighted by Crippen LogP contribution is -2.29. The number of carbonyl (C=O) groups is 2. The molecular formula is C28H28N2O5S. The number of hydrogen-bond donors (Lipinski definition) is 1. The largest absolute Gasteiger partial charge is 0.507 e. The van der Waals surface area contributed by atoms with Crippen LogP contribution in [-0.2, 0) is 16.0 Å². The molecule has 1 fully saturated rings. The number of benzene rings is 2. The summed E-state index contributed by atoms with van der Waals surface area (Å²) in [5, 5.41) is 13.6. The summed E-state index contributed by atoms with van der Waals surface area (Å²) in [5.74, 6) is 0.230. The third kappa shape index (κ3) is 4.48. The minimum Gasteiger partial charge on any atom is -0.507 e. The maximum atomic E-state index is 13.3. The van der Waals surface area contributed by atoms with Crippen molar-refractivity contribution in [1.29, 1.82) is 0 Å². The second kappa shape index (κ2) is 9.78. The highest BCUT2D eigenvalue weighted by Gasteiger charge is 2.48. The first-order valence-electron chi connectivity index (χ1n) is 12.1. The maximum absolute atomic E-state index is 13.3. The number of thiazole rings is 1. The average molecular weight is 505 g/mol. The van der Waals surface area contributed by atoms with Gasteiger partial charge in [0, 0.05) is 23.6 Å². The van der Waals surface area contributed by atoms with Crippen LogP contribution in [0, 0.1) is 5.92 Å². The lowest BCUT2D eigenvalue weighted by molar-refractivity contribution is -0.132. The van der Waals surface area contributed by atoms with Crippen LogP contribution in [0.1, 0.15) is 49.9 Å². The van der Waals surface area contributed by atoms with Crippen LogP contribution >= 0.6 is 11.3 Å². The van der Waals surface area contributed by atoms with Crippen molar-refractivity contribution in [3.05, 3.63) is 76.3 Å². The molecule has 0 saturated carbocycles. The molecule has 8 heteroatoms. The highest BCUT2D eigenvalue weighted by Crippen LogP contribution is 2.44. The van der Waals surface area contributed by atoms with Gasteiger partial charge in [0.1, 0.15) is 23.4 Å². The first-order chi connectivity index (χ1) is 17.3. The molecule has 0 radical (unpaired) electrons. The Morgan fingerprint density at radius 3 is 2.83 bits per heavy atom. The van der Waals surface area contributed by atoms with Crippen LogP contribution in [0.2, 0.25) is 0 Å².